The normalized spacial score (nSPS) is 17.9. The summed E-state index contributed by atoms with van der Waals surface area (Å²) in [6, 6.07) is 5.70. The second-order valence-electron chi connectivity index (χ2n) is 5.37. The van der Waals surface area contributed by atoms with Gasteiger partial charge >= 0.3 is 0 Å². The largest absolute Gasteiger partial charge is 0.326 e. The molecule has 0 aliphatic carbocycles. The first-order valence-corrected chi connectivity index (χ1v) is 7.07. The Morgan fingerprint density at radius 3 is 3.10 bits per heavy atom. The van der Waals surface area contributed by atoms with Gasteiger partial charge in [-0.25, -0.2) is 4.68 Å². The van der Waals surface area contributed by atoms with Crippen LogP contribution in [0.15, 0.2) is 24.5 Å². The van der Waals surface area contributed by atoms with Crippen LogP contribution in [0.5, 0.6) is 0 Å². The van der Waals surface area contributed by atoms with Crippen LogP contribution in [-0.2, 0) is 4.79 Å². The Morgan fingerprint density at radius 1 is 1.52 bits per heavy atom. The van der Waals surface area contributed by atoms with E-state index in [0.717, 1.165) is 36.4 Å². The minimum Gasteiger partial charge on any atom is -0.326 e. The molecule has 1 unspecified atom stereocenters. The first-order chi connectivity index (χ1) is 10.2. The van der Waals surface area contributed by atoms with E-state index in [-0.39, 0.29) is 5.91 Å². The molecule has 21 heavy (non-hydrogen) atoms. The lowest BCUT2D eigenvalue weighted by Gasteiger charge is -2.11. The number of nitrogens with one attached hydrogen (secondary N) is 2. The van der Waals surface area contributed by atoms with Gasteiger partial charge in [-0.05, 0) is 66.5 Å². The lowest BCUT2D eigenvalue weighted by atomic mass is 10.0. The smallest absolute Gasteiger partial charge is 0.224 e. The number of nitrogens with zero attached hydrogens (tertiary/aromatic N) is 4. The fourth-order valence-electron chi connectivity index (χ4n) is 2.62. The summed E-state index contributed by atoms with van der Waals surface area (Å²) < 4.78 is 1.60. The molecule has 2 N–H and O–H groups in total. The topological polar surface area (TPSA) is 84.7 Å². The summed E-state index contributed by atoms with van der Waals surface area (Å²) in [6.07, 6.45) is 3.19. The maximum atomic E-state index is 12.0. The van der Waals surface area contributed by atoms with Crippen molar-refractivity contribution in [1.29, 1.82) is 0 Å². The number of hydrogen-bond donors (Lipinski definition) is 2. The van der Waals surface area contributed by atoms with Crippen molar-refractivity contribution >= 4 is 11.6 Å². The first-order valence-electron chi connectivity index (χ1n) is 7.07. The summed E-state index contributed by atoms with van der Waals surface area (Å²) in [6.45, 7) is 3.91. The van der Waals surface area contributed by atoms with Crippen molar-refractivity contribution in [1.82, 2.24) is 25.5 Å². The lowest BCUT2D eigenvalue weighted by molar-refractivity contribution is -0.116. The molecule has 1 aromatic carbocycles. The van der Waals surface area contributed by atoms with Crippen molar-refractivity contribution in [3.05, 3.63) is 30.1 Å². The van der Waals surface area contributed by atoms with Gasteiger partial charge in [0.2, 0.25) is 5.91 Å². The molecular formula is C14H18N6O. The molecule has 1 aromatic heterocycles. The average Bonchev–Trinajstić information content (AvgIpc) is 3.11. The van der Waals surface area contributed by atoms with Crippen molar-refractivity contribution in [2.45, 2.75) is 19.8 Å². The number of tetrazole rings is 1. The van der Waals surface area contributed by atoms with Gasteiger partial charge < -0.3 is 10.6 Å². The zero-order valence-corrected chi connectivity index (χ0v) is 11.9. The Balaban J connectivity index is 1.66. The van der Waals surface area contributed by atoms with Crippen molar-refractivity contribution in [2.75, 3.05) is 18.4 Å². The van der Waals surface area contributed by atoms with Crippen molar-refractivity contribution in [2.24, 2.45) is 5.92 Å². The molecule has 1 fully saturated rings. The third-order valence-corrected chi connectivity index (χ3v) is 3.71. The Kier molecular flexibility index (Phi) is 3.92. The van der Waals surface area contributed by atoms with Gasteiger partial charge in [-0.15, -0.1) is 5.10 Å². The number of rotatable bonds is 4. The van der Waals surface area contributed by atoms with Crippen LogP contribution >= 0.6 is 0 Å². The molecule has 2 aromatic rings. The molecule has 110 valence electrons. The van der Waals surface area contributed by atoms with Crippen LogP contribution in [0.4, 0.5) is 5.69 Å². The molecule has 1 saturated heterocycles. The highest BCUT2D eigenvalue weighted by Gasteiger charge is 2.18. The minimum atomic E-state index is 0.0678. The number of anilines is 1. The number of aryl methyl sites for hydroxylation is 1. The molecular weight excluding hydrogens is 268 g/mol. The van der Waals surface area contributed by atoms with Gasteiger partial charge in [-0.3, -0.25) is 4.79 Å². The van der Waals surface area contributed by atoms with Crippen molar-refractivity contribution in [3.8, 4) is 5.69 Å². The highest BCUT2D eigenvalue weighted by Crippen LogP contribution is 2.19. The molecule has 2 heterocycles. The molecule has 1 aliphatic rings. The van der Waals surface area contributed by atoms with Crippen LogP contribution in [0.25, 0.3) is 5.69 Å². The minimum absolute atomic E-state index is 0.0678. The van der Waals surface area contributed by atoms with E-state index in [9.17, 15) is 4.79 Å². The van der Waals surface area contributed by atoms with E-state index in [2.05, 4.69) is 26.2 Å². The summed E-state index contributed by atoms with van der Waals surface area (Å²) >= 11 is 0. The maximum Gasteiger partial charge on any atom is 0.224 e. The molecule has 7 heteroatoms. The average molecular weight is 286 g/mol. The third kappa shape index (κ3) is 3.25. The van der Waals surface area contributed by atoms with Crippen LogP contribution in [-0.4, -0.2) is 39.2 Å². The van der Waals surface area contributed by atoms with Gasteiger partial charge in [0.15, 0.2) is 0 Å². The predicted octanol–water partition coefficient (Wildman–Crippen LogP) is 0.909. The number of carbonyl (C=O) groups is 1. The fraction of sp³-hybridized carbons (Fsp3) is 0.429. The van der Waals surface area contributed by atoms with Gasteiger partial charge in [0.1, 0.15) is 6.33 Å². The molecule has 1 atom stereocenters. The Bertz CT molecular complexity index is 618. The highest BCUT2D eigenvalue weighted by molar-refractivity contribution is 5.91. The first kappa shape index (κ1) is 13.7. The van der Waals surface area contributed by atoms with Crippen molar-refractivity contribution < 1.29 is 4.79 Å². The molecule has 7 nitrogen and oxygen atoms in total. The van der Waals surface area contributed by atoms with E-state index >= 15 is 0 Å². The quantitative estimate of drug-likeness (QED) is 0.872. The van der Waals surface area contributed by atoms with Crippen molar-refractivity contribution in [3.63, 3.8) is 0 Å². The van der Waals surface area contributed by atoms with Crippen LogP contribution in [0, 0.1) is 12.8 Å². The molecule has 0 radical (unpaired) electrons. The monoisotopic (exact) mass is 286 g/mol. The number of hydrogen-bond acceptors (Lipinski definition) is 5. The SMILES string of the molecule is Cc1cc(NC(=O)CC2CCNC2)ccc1-n1cnnn1. The maximum absolute atomic E-state index is 12.0. The number of carbonyl (C=O) groups excluding carboxylic acids is 1. The van der Waals surface area contributed by atoms with Gasteiger partial charge in [-0.1, -0.05) is 0 Å². The van der Waals surface area contributed by atoms with E-state index in [4.69, 9.17) is 0 Å². The van der Waals surface area contributed by atoms with E-state index in [1.807, 2.05) is 25.1 Å². The van der Waals surface area contributed by atoms with Gasteiger partial charge in [0.05, 0.1) is 5.69 Å². The van der Waals surface area contributed by atoms with Crippen LogP contribution in [0.3, 0.4) is 0 Å². The molecule has 1 aliphatic heterocycles. The van der Waals surface area contributed by atoms with E-state index < -0.39 is 0 Å². The van der Waals surface area contributed by atoms with E-state index in [1.54, 1.807) is 11.0 Å². The Morgan fingerprint density at radius 2 is 2.43 bits per heavy atom. The third-order valence-electron chi connectivity index (χ3n) is 3.71. The number of benzene rings is 1. The zero-order chi connectivity index (χ0) is 14.7. The summed E-state index contributed by atoms with van der Waals surface area (Å²) in [7, 11) is 0. The van der Waals surface area contributed by atoms with Crippen LogP contribution in [0.1, 0.15) is 18.4 Å². The molecule has 0 spiro atoms. The summed E-state index contributed by atoms with van der Waals surface area (Å²) in [5.41, 5.74) is 2.71. The second kappa shape index (κ2) is 6.01. The second-order valence-corrected chi connectivity index (χ2v) is 5.37. The van der Waals surface area contributed by atoms with Gasteiger partial charge in [0.25, 0.3) is 0 Å². The standard InChI is InChI=1S/C14H18N6O/c1-10-6-12(2-3-13(10)20-9-16-18-19-20)17-14(21)7-11-4-5-15-8-11/h2-3,6,9,11,15H,4-5,7-8H2,1H3,(H,17,21). The number of amides is 1. The summed E-state index contributed by atoms with van der Waals surface area (Å²) in [5, 5.41) is 17.3. The van der Waals surface area contributed by atoms with Gasteiger partial charge in [0, 0.05) is 12.1 Å². The summed E-state index contributed by atoms with van der Waals surface area (Å²) in [5.74, 6) is 0.518. The van der Waals surface area contributed by atoms with E-state index in [1.165, 1.54) is 0 Å². The van der Waals surface area contributed by atoms with Crippen LogP contribution in [0.2, 0.25) is 0 Å². The molecule has 0 bridgehead atoms. The predicted molar refractivity (Wildman–Crippen MR) is 78.1 cm³/mol. The Labute approximate surface area is 122 Å². The van der Waals surface area contributed by atoms with E-state index in [0.29, 0.717) is 12.3 Å². The summed E-state index contributed by atoms with van der Waals surface area (Å²) in [4.78, 5) is 12.0. The molecule has 0 saturated carbocycles. The molecule has 1 amide bonds. The highest BCUT2D eigenvalue weighted by atomic mass is 16.1. The number of aromatic nitrogens is 4. The zero-order valence-electron chi connectivity index (χ0n) is 11.9. The lowest BCUT2D eigenvalue weighted by Crippen LogP contribution is -2.18. The molecule has 3 rings (SSSR count). The Hall–Kier alpha value is -2.28. The van der Waals surface area contributed by atoms with Gasteiger partial charge in [-0.2, -0.15) is 0 Å². The van der Waals surface area contributed by atoms with Crippen LogP contribution < -0.4 is 10.6 Å². The fourth-order valence-corrected chi connectivity index (χ4v) is 2.62.